The topological polar surface area (TPSA) is 38.8 Å². The molecule has 0 radical (unpaired) electrons. The molecule has 5 heteroatoms. The van der Waals surface area contributed by atoms with E-state index in [0.717, 1.165) is 45.7 Å². The van der Waals surface area contributed by atoms with Gasteiger partial charge in [-0.3, -0.25) is 4.79 Å². The van der Waals surface area contributed by atoms with Crippen molar-refractivity contribution in [1.82, 2.24) is 20.0 Å². The number of carbonyl (C=O) groups excluding carboxylic acids is 1. The van der Waals surface area contributed by atoms with E-state index in [4.69, 9.17) is 0 Å². The summed E-state index contributed by atoms with van der Waals surface area (Å²) in [6.07, 6.45) is 2.32. The molecular weight excluding hydrogens is 228 g/mol. The molecule has 0 aliphatic carbocycles. The summed E-state index contributed by atoms with van der Waals surface area (Å²) in [5.74, 6) is 0.246. The van der Waals surface area contributed by atoms with Gasteiger partial charge in [0.1, 0.15) is 0 Å². The first-order valence-electron chi connectivity index (χ1n) is 6.91. The molecule has 0 unspecified atom stereocenters. The first-order chi connectivity index (χ1) is 8.59. The van der Waals surface area contributed by atoms with Crippen molar-refractivity contribution >= 4 is 5.91 Å². The molecule has 5 nitrogen and oxygen atoms in total. The predicted molar refractivity (Wildman–Crippen MR) is 74.7 cm³/mol. The van der Waals surface area contributed by atoms with Crippen molar-refractivity contribution in [2.75, 3.05) is 67.0 Å². The van der Waals surface area contributed by atoms with Crippen LogP contribution in [0.5, 0.6) is 0 Å². The number of amides is 1. The third kappa shape index (κ3) is 6.33. The Balaban J connectivity index is 2.00. The number of rotatable bonds is 7. The summed E-state index contributed by atoms with van der Waals surface area (Å²) in [4.78, 5) is 18.3. The van der Waals surface area contributed by atoms with Crippen molar-refractivity contribution in [3.05, 3.63) is 0 Å². The number of piperazine rings is 1. The van der Waals surface area contributed by atoms with Crippen molar-refractivity contribution in [3.8, 4) is 0 Å². The molecule has 1 heterocycles. The van der Waals surface area contributed by atoms with Crippen LogP contribution < -0.4 is 5.32 Å². The van der Waals surface area contributed by atoms with Gasteiger partial charge < -0.3 is 20.0 Å². The van der Waals surface area contributed by atoms with Gasteiger partial charge in [-0.15, -0.1) is 0 Å². The zero-order chi connectivity index (χ0) is 13.4. The Labute approximate surface area is 111 Å². The summed E-state index contributed by atoms with van der Waals surface area (Å²) in [6, 6.07) is 0. The molecule has 0 aromatic carbocycles. The molecule has 0 bridgehead atoms. The lowest BCUT2D eigenvalue weighted by molar-refractivity contribution is -0.131. The molecule has 0 aromatic rings. The van der Waals surface area contributed by atoms with Crippen LogP contribution in [0.15, 0.2) is 0 Å². The van der Waals surface area contributed by atoms with Crippen LogP contribution in [-0.4, -0.2) is 87.6 Å². The van der Waals surface area contributed by atoms with E-state index in [2.05, 4.69) is 36.3 Å². The van der Waals surface area contributed by atoms with Crippen LogP contribution in [0.2, 0.25) is 0 Å². The smallest absolute Gasteiger partial charge is 0.236 e. The molecule has 1 rings (SSSR count). The second-order valence-electron chi connectivity index (χ2n) is 5.37. The monoisotopic (exact) mass is 256 g/mol. The van der Waals surface area contributed by atoms with Crippen LogP contribution in [0.1, 0.15) is 12.8 Å². The Kier molecular flexibility index (Phi) is 7.23. The van der Waals surface area contributed by atoms with E-state index in [9.17, 15) is 4.79 Å². The number of nitrogens with one attached hydrogen (secondary N) is 1. The summed E-state index contributed by atoms with van der Waals surface area (Å²) in [5, 5.41) is 3.24. The molecule has 1 amide bonds. The second kappa shape index (κ2) is 8.45. The van der Waals surface area contributed by atoms with Crippen LogP contribution in [0.3, 0.4) is 0 Å². The van der Waals surface area contributed by atoms with Crippen LogP contribution in [0.25, 0.3) is 0 Å². The van der Waals surface area contributed by atoms with Gasteiger partial charge >= 0.3 is 0 Å². The Morgan fingerprint density at radius 2 is 1.83 bits per heavy atom. The molecule has 106 valence electrons. The van der Waals surface area contributed by atoms with Crippen LogP contribution in [0.4, 0.5) is 0 Å². The third-order valence-corrected chi connectivity index (χ3v) is 3.34. The Morgan fingerprint density at radius 3 is 2.44 bits per heavy atom. The van der Waals surface area contributed by atoms with Crippen molar-refractivity contribution in [1.29, 1.82) is 0 Å². The molecule has 0 aromatic heterocycles. The van der Waals surface area contributed by atoms with Gasteiger partial charge in [0.2, 0.25) is 5.91 Å². The zero-order valence-corrected chi connectivity index (χ0v) is 12.1. The van der Waals surface area contributed by atoms with Gasteiger partial charge in [-0.2, -0.15) is 0 Å². The number of nitrogens with zero attached hydrogens (tertiary/aromatic N) is 3. The summed E-state index contributed by atoms with van der Waals surface area (Å²) >= 11 is 0. The molecule has 0 saturated carbocycles. The molecule has 1 fully saturated rings. The first kappa shape index (κ1) is 15.4. The molecule has 0 spiro atoms. The molecule has 1 aliphatic heterocycles. The van der Waals surface area contributed by atoms with Gasteiger partial charge in [-0.1, -0.05) is 0 Å². The highest BCUT2D eigenvalue weighted by molar-refractivity contribution is 5.78. The predicted octanol–water partition coefficient (Wildman–Crippen LogP) is -0.308. The van der Waals surface area contributed by atoms with Crippen LogP contribution in [0, 0.1) is 0 Å². The summed E-state index contributed by atoms with van der Waals surface area (Å²) in [5.41, 5.74) is 0. The highest BCUT2D eigenvalue weighted by Crippen LogP contribution is 1.99. The van der Waals surface area contributed by atoms with Crippen molar-refractivity contribution in [2.45, 2.75) is 12.8 Å². The maximum Gasteiger partial charge on any atom is 0.236 e. The zero-order valence-electron chi connectivity index (χ0n) is 12.1. The van der Waals surface area contributed by atoms with Crippen LogP contribution in [-0.2, 0) is 4.79 Å². The minimum atomic E-state index is 0.246. The van der Waals surface area contributed by atoms with E-state index in [0.29, 0.717) is 6.54 Å². The Hall–Kier alpha value is -0.650. The molecule has 1 saturated heterocycles. The van der Waals surface area contributed by atoms with Crippen molar-refractivity contribution in [3.63, 3.8) is 0 Å². The molecule has 1 N–H and O–H groups in total. The fraction of sp³-hybridized carbons (Fsp3) is 0.923. The maximum atomic E-state index is 11.9. The van der Waals surface area contributed by atoms with Gasteiger partial charge in [-0.25, -0.2) is 0 Å². The number of carbonyl (C=O) groups is 1. The van der Waals surface area contributed by atoms with E-state index in [1.54, 1.807) is 0 Å². The Morgan fingerprint density at radius 1 is 1.17 bits per heavy atom. The average molecular weight is 256 g/mol. The minimum Gasteiger partial charge on any atom is -0.339 e. The average Bonchev–Trinajstić information content (AvgIpc) is 2.34. The van der Waals surface area contributed by atoms with Gasteiger partial charge in [0.25, 0.3) is 0 Å². The molecule has 1 aliphatic rings. The lowest BCUT2D eigenvalue weighted by Crippen LogP contribution is -2.49. The number of likely N-dealkylation sites (N-methyl/N-ethyl adjacent to an activating group) is 1. The standard InChI is InChI=1S/C13H28N4O/c1-15(2)7-5-4-6-14-12-13(18)17-10-8-16(3)9-11-17/h14H,4-12H2,1-3H3. The minimum absolute atomic E-state index is 0.246. The largest absolute Gasteiger partial charge is 0.339 e. The number of hydrogen-bond acceptors (Lipinski definition) is 4. The maximum absolute atomic E-state index is 11.9. The Bertz CT molecular complexity index is 237. The lowest BCUT2D eigenvalue weighted by atomic mass is 10.3. The number of hydrogen-bond donors (Lipinski definition) is 1. The van der Waals surface area contributed by atoms with Gasteiger partial charge in [0.05, 0.1) is 6.54 Å². The summed E-state index contributed by atoms with van der Waals surface area (Å²) < 4.78 is 0. The second-order valence-corrected chi connectivity index (χ2v) is 5.37. The van der Waals surface area contributed by atoms with Gasteiger partial charge in [0.15, 0.2) is 0 Å². The fourth-order valence-corrected chi connectivity index (χ4v) is 2.04. The van der Waals surface area contributed by atoms with E-state index in [1.807, 2.05) is 4.90 Å². The molecule has 18 heavy (non-hydrogen) atoms. The summed E-state index contributed by atoms with van der Waals surface area (Å²) in [6.45, 7) is 6.28. The lowest BCUT2D eigenvalue weighted by Gasteiger charge is -2.32. The van der Waals surface area contributed by atoms with E-state index in [-0.39, 0.29) is 5.91 Å². The first-order valence-corrected chi connectivity index (χ1v) is 6.91. The van der Waals surface area contributed by atoms with E-state index in [1.165, 1.54) is 6.42 Å². The van der Waals surface area contributed by atoms with Crippen molar-refractivity contribution < 1.29 is 4.79 Å². The highest BCUT2D eigenvalue weighted by Gasteiger charge is 2.17. The molecule has 0 atom stereocenters. The third-order valence-electron chi connectivity index (χ3n) is 3.34. The normalized spacial score (nSPS) is 17.4. The highest BCUT2D eigenvalue weighted by atomic mass is 16.2. The van der Waals surface area contributed by atoms with Gasteiger partial charge in [0, 0.05) is 26.2 Å². The fourth-order valence-electron chi connectivity index (χ4n) is 2.04. The quantitative estimate of drug-likeness (QED) is 0.634. The number of unbranched alkanes of at least 4 members (excludes halogenated alkanes) is 1. The van der Waals surface area contributed by atoms with Crippen LogP contribution >= 0.6 is 0 Å². The summed E-state index contributed by atoms with van der Waals surface area (Å²) in [7, 11) is 6.28. The SMILES string of the molecule is CN(C)CCCCNCC(=O)N1CCN(C)CC1. The molecular formula is C13H28N4O. The van der Waals surface area contributed by atoms with Crippen molar-refractivity contribution in [2.24, 2.45) is 0 Å². The van der Waals surface area contributed by atoms with E-state index >= 15 is 0 Å². The van der Waals surface area contributed by atoms with E-state index < -0.39 is 0 Å². The van der Waals surface area contributed by atoms with Gasteiger partial charge in [-0.05, 0) is 47.1 Å².